The van der Waals surface area contributed by atoms with Crippen molar-refractivity contribution in [2.24, 2.45) is 0 Å². The monoisotopic (exact) mass is 415 g/mol. The fourth-order valence-electron chi connectivity index (χ4n) is 4.07. The smallest absolute Gasteiger partial charge is 0.225 e. The van der Waals surface area contributed by atoms with Gasteiger partial charge < -0.3 is 18.8 Å². The summed E-state index contributed by atoms with van der Waals surface area (Å²) in [6, 6.07) is 10.4. The number of anilines is 1. The summed E-state index contributed by atoms with van der Waals surface area (Å²) in [4.78, 5) is 19.8. The summed E-state index contributed by atoms with van der Waals surface area (Å²) in [5.74, 6) is 2.61. The topological polar surface area (TPSA) is 73.9 Å². The van der Waals surface area contributed by atoms with Gasteiger partial charge in [-0.3, -0.25) is 0 Å². The number of ether oxygens (including phenoxy) is 1. The van der Waals surface area contributed by atoms with Crippen LogP contribution in [-0.2, 0) is 6.54 Å². The summed E-state index contributed by atoms with van der Waals surface area (Å²) in [5, 5.41) is 0. The van der Waals surface area contributed by atoms with Crippen molar-refractivity contribution in [1.82, 2.24) is 29.1 Å². The van der Waals surface area contributed by atoms with Crippen molar-refractivity contribution >= 4 is 5.95 Å². The van der Waals surface area contributed by atoms with Crippen LogP contribution in [0.3, 0.4) is 0 Å². The van der Waals surface area contributed by atoms with Crippen molar-refractivity contribution < 1.29 is 4.74 Å². The fourth-order valence-corrected chi connectivity index (χ4v) is 4.07. The highest BCUT2D eigenvalue weighted by Crippen LogP contribution is 2.33. The van der Waals surface area contributed by atoms with Crippen molar-refractivity contribution in [3.8, 4) is 17.1 Å². The first-order chi connectivity index (χ1) is 15.4. The highest BCUT2D eigenvalue weighted by Gasteiger charge is 2.24. The molecule has 0 amide bonds. The SMILES string of the molecule is c1cnc(N2CCC(n3ccnc3-c3ccccc3OCCn3ccnc3)CC2)nc1. The number of rotatable bonds is 7. The molecule has 4 aromatic rings. The second-order valence-corrected chi connectivity index (χ2v) is 7.57. The molecule has 0 aliphatic carbocycles. The van der Waals surface area contributed by atoms with E-state index in [0.717, 1.165) is 55.6 Å². The fraction of sp³-hybridized carbons (Fsp3) is 0.304. The molecule has 0 bridgehead atoms. The normalized spacial score (nSPS) is 14.6. The highest BCUT2D eigenvalue weighted by molar-refractivity contribution is 5.64. The largest absolute Gasteiger partial charge is 0.491 e. The number of benzene rings is 1. The summed E-state index contributed by atoms with van der Waals surface area (Å²) >= 11 is 0. The van der Waals surface area contributed by atoms with Gasteiger partial charge in [-0.25, -0.2) is 19.9 Å². The van der Waals surface area contributed by atoms with Gasteiger partial charge in [-0.2, -0.15) is 0 Å². The molecule has 5 rings (SSSR count). The van der Waals surface area contributed by atoms with E-state index in [4.69, 9.17) is 4.74 Å². The molecular weight excluding hydrogens is 390 g/mol. The molecule has 3 aromatic heterocycles. The van der Waals surface area contributed by atoms with Gasteiger partial charge in [0, 0.05) is 56.3 Å². The van der Waals surface area contributed by atoms with Gasteiger partial charge >= 0.3 is 0 Å². The molecule has 0 atom stereocenters. The van der Waals surface area contributed by atoms with Crippen molar-refractivity contribution in [3.05, 3.63) is 73.8 Å². The number of hydrogen-bond acceptors (Lipinski definition) is 6. The minimum Gasteiger partial charge on any atom is -0.491 e. The molecule has 158 valence electrons. The summed E-state index contributed by atoms with van der Waals surface area (Å²) in [5.41, 5.74) is 1.02. The summed E-state index contributed by atoms with van der Waals surface area (Å²) < 4.78 is 10.4. The van der Waals surface area contributed by atoms with Gasteiger partial charge in [-0.1, -0.05) is 12.1 Å². The van der Waals surface area contributed by atoms with Crippen LogP contribution >= 0.6 is 0 Å². The molecule has 0 spiro atoms. The predicted octanol–water partition coefficient (Wildman–Crippen LogP) is 3.46. The second kappa shape index (κ2) is 8.99. The Kier molecular flexibility index (Phi) is 5.60. The van der Waals surface area contributed by atoms with Crippen LogP contribution in [0.1, 0.15) is 18.9 Å². The van der Waals surface area contributed by atoms with Gasteiger partial charge in [0.1, 0.15) is 18.2 Å². The summed E-state index contributed by atoms with van der Waals surface area (Å²) in [7, 11) is 0. The molecule has 31 heavy (non-hydrogen) atoms. The van der Waals surface area contributed by atoms with Crippen LogP contribution in [0.25, 0.3) is 11.4 Å². The minimum absolute atomic E-state index is 0.386. The van der Waals surface area contributed by atoms with E-state index < -0.39 is 0 Å². The third-order valence-corrected chi connectivity index (χ3v) is 5.66. The van der Waals surface area contributed by atoms with E-state index in [1.54, 1.807) is 24.9 Å². The molecule has 1 saturated heterocycles. The summed E-state index contributed by atoms with van der Waals surface area (Å²) in [6.45, 7) is 3.18. The number of hydrogen-bond donors (Lipinski definition) is 0. The number of para-hydroxylation sites is 1. The predicted molar refractivity (Wildman–Crippen MR) is 118 cm³/mol. The Hall–Kier alpha value is -3.68. The number of piperidine rings is 1. The Bertz CT molecular complexity index is 1090. The lowest BCUT2D eigenvalue weighted by Crippen LogP contribution is -2.35. The van der Waals surface area contributed by atoms with Gasteiger partial charge in [0.15, 0.2) is 0 Å². The summed E-state index contributed by atoms with van der Waals surface area (Å²) in [6.07, 6.45) is 15.1. The molecule has 1 aliphatic rings. The zero-order valence-electron chi connectivity index (χ0n) is 17.3. The lowest BCUT2D eigenvalue weighted by atomic mass is 10.0. The van der Waals surface area contributed by atoms with Crippen LogP contribution in [0.5, 0.6) is 5.75 Å². The average molecular weight is 416 g/mol. The standard InChI is InChI=1S/C23H25N7O/c1-2-5-21(31-17-16-28-14-10-24-18-28)20(4-1)22-25-11-15-30(22)19-6-12-29(13-7-19)23-26-8-3-9-27-23/h1-5,8-11,14-15,18-19H,6-7,12-13,16-17H2. The molecule has 0 radical (unpaired) electrons. The van der Waals surface area contributed by atoms with Gasteiger partial charge in [-0.15, -0.1) is 0 Å². The molecular formula is C23H25N7O. The first kappa shape index (κ1) is 19.3. The molecule has 0 unspecified atom stereocenters. The van der Waals surface area contributed by atoms with Gasteiger partial charge in [0.25, 0.3) is 0 Å². The zero-order valence-corrected chi connectivity index (χ0v) is 17.3. The molecule has 0 saturated carbocycles. The Balaban J connectivity index is 1.29. The van der Waals surface area contributed by atoms with Crippen LogP contribution in [-0.4, -0.2) is 48.8 Å². The van der Waals surface area contributed by atoms with Crippen molar-refractivity contribution in [1.29, 1.82) is 0 Å². The van der Waals surface area contributed by atoms with Gasteiger partial charge in [0.05, 0.1) is 18.4 Å². The van der Waals surface area contributed by atoms with E-state index >= 15 is 0 Å². The number of nitrogens with zero attached hydrogens (tertiary/aromatic N) is 7. The maximum absolute atomic E-state index is 6.12. The zero-order chi connectivity index (χ0) is 20.9. The quantitative estimate of drug-likeness (QED) is 0.460. The first-order valence-corrected chi connectivity index (χ1v) is 10.6. The Morgan fingerprint density at radius 2 is 1.74 bits per heavy atom. The lowest BCUT2D eigenvalue weighted by molar-refractivity contribution is 0.299. The van der Waals surface area contributed by atoms with Crippen LogP contribution in [0.15, 0.2) is 73.8 Å². The average Bonchev–Trinajstić information content (AvgIpc) is 3.53. The van der Waals surface area contributed by atoms with Crippen molar-refractivity contribution in [2.45, 2.75) is 25.4 Å². The third-order valence-electron chi connectivity index (χ3n) is 5.66. The third kappa shape index (κ3) is 4.28. The van der Waals surface area contributed by atoms with E-state index in [0.29, 0.717) is 12.6 Å². The maximum Gasteiger partial charge on any atom is 0.225 e. The Morgan fingerprint density at radius 3 is 2.55 bits per heavy atom. The van der Waals surface area contributed by atoms with E-state index in [1.807, 2.05) is 41.2 Å². The van der Waals surface area contributed by atoms with E-state index in [9.17, 15) is 0 Å². The van der Waals surface area contributed by atoms with Crippen LogP contribution in [0.4, 0.5) is 5.95 Å². The highest BCUT2D eigenvalue weighted by atomic mass is 16.5. The van der Waals surface area contributed by atoms with E-state index in [2.05, 4.69) is 41.7 Å². The first-order valence-electron chi connectivity index (χ1n) is 10.6. The van der Waals surface area contributed by atoms with Crippen molar-refractivity contribution in [3.63, 3.8) is 0 Å². The van der Waals surface area contributed by atoms with E-state index in [1.165, 1.54) is 0 Å². The molecule has 8 heteroatoms. The molecule has 8 nitrogen and oxygen atoms in total. The maximum atomic E-state index is 6.12. The van der Waals surface area contributed by atoms with Crippen LogP contribution in [0, 0.1) is 0 Å². The molecule has 1 fully saturated rings. The molecule has 1 aromatic carbocycles. The Labute approximate surface area is 181 Å². The minimum atomic E-state index is 0.386. The lowest BCUT2D eigenvalue weighted by Gasteiger charge is -2.33. The number of aromatic nitrogens is 6. The molecule has 4 heterocycles. The molecule has 1 aliphatic heterocycles. The number of imidazole rings is 2. The Morgan fingerprint density at radius 1 is 0.903 bits per heavy atom. The van der Waals surface area contributed by atoms with Crippen LogP contribution < -0.4 is 9.64 Å². The second-order valence-electron chi connectivity index (χ2n) is 7.57. The van der Waals surface area contributed by atoms with Crippen molar-refractivity contribution in [2.75, 3.05) is 24.6 Å². The van der Waals surface area contributed by atoms with E-state index in [-0.39, 0.29) is 0 Å². The molecule has 0 N–H and O–H groups in total. The van der Waals surface area contributed by atoms with Gasteiger partial charge in [0.2, 0.25) is 5.95 Å². The van der Waals surface area contributed by atoms with Crippen LogP contribution in [0.2, 0.25) is 0 Å². The van der Waals surface area contributed by atoms with Gasteiger partial charge in [-0.05, 0) is 31.0 Å².